The Labute approximate surface area is 105 Å². The van der Waals surface area contributed by atoms with Crippen LogP contribution in [0.4, 0.5) is 13.2 Å². The van der Waals surface area contributed by atoms with Gasteiger partial charge in [0, 0.05) is 10.2 Å². The molecule has 0 unspecified atom stereocenters. The molecule has 1 aromatic carbocycles. The predicted molar refractivity (Wildman–Crippen MR) is 63.7 cm³/mol. The summed E-state index contributed by atoms with van der Waals surface area (Å²) in [5.41, 5.74) is 0.767. The van der Waals surface area contributed by atoms with E-state index in [-0.39, 0.29) is 5.75 Å². The second-order valence-corrected chi connectivity index (χ2v) is 4.04. The zero-order chi connectivity index (χ0) is 12.2. The van der Waals surface area contributed by atoms with Crippen molar-refractivity contribution in [1.29, 1.82) is 0 Å². The molecule has 0 saturated carbocycles. The number of hydrogen-bond donors (Lipinski definition) is 1. The van der Waals surface area contributed by atoms with E-state index in [0.717, 1.165) is 5.56 Å². The van der Waals surface area contributed by atoms with Crippen molar-refractivity contribution in [3.05, 3.63) is 34.3 Å². The van der Waals surface area contributed by atoms with E-state index >= 15 is 0 Å². The summed E-state index contributed by atoms with van der Waals surface area (Å²) >= 11 is 7.15. The molecule has 0 aliphatic heterocycles. The molecule has 0 heterocycles. The molecule has 6 heteroatoms. The molecule has 0 fully saturated rings. The van der Waals surface area contributed by atoms with Crippen LogP contribution in [0, 0.1) is 0 Å². The highest BCUT2D eigenvalue weighted by Crippen LogP contribution is 2.28. The Hall–Kier alpha value is -0.620. The quantitative estimate of drug-likeness (QED) is 0.819. The molecule has 16 heavy (non-hydrogen) atoms. The minimum Gasteiger partial charge on any atom is -0.406 e. The molecule has 0 bridgehead atoms. The average molecular weight is 313 g/mol. The van der Waals surface area contributed by atoms with Crippen LogP contribution < -0.4 is 4.74 Å². The summed E-state index contributed by atoms with van der Waals surface area (Å²) in [6.07, 6.45) is -1.12. The molecule has 0 aliphatic rings. The van der Waals surface area contributed by atoms with Crippen molar-refractivity contribution >= 4 is 34.6 Å². The molecule has 0 radical (unpaired) electrons. The van der Waals surface area contributed by atoms with Gasteiger partial charge in [-0.15, -0.1) is 13.2 Å². The van der Waals surface area contributed by atoms with E-state index in [1.54, 1.807) is 12.2 Å². The lowest BCUT2D eigenvalue weighted by atomic mass is 10.2. The minimum absolute atomic E-state index is 0.248. The Morgan fingerprint density at radius 3 is 2.56 bits per heavy atom. The number of hydrogen-bond acceptors (Lipinski definition) is 2. The van der Waals surface area contributed by atoms with Gasteiger partial charge in [-0.2, -0.15) is 12.6 Å². The van der Waals surface area contributed by atoms with Crippen LogP contribution in [0.25, 0.3) is 6.08 Å². The summed E-state index contributed by atoms with van der Waals surface area (Å²) in [5, 5.41) is 0. The third-order valence-electron chi connectivity index (χ3n) is 1.61. The molecule has 1 rings (SSSR count). The molecule has 0 atom stereocenters. The van der Waals surface area contributed by atoms with Crippen LogP contribution in [-0.4, -0.2) is 12.1 Å². The highest BCUT2D eigenvalue weighted by molar-refractivity contribution is 9.10. The largest absolute Gasteiger partial charge is 0.573 e. The first kappa shape index (κ1) is 13.4. The molecule has 0 saturated heterocycles. The Morgan fingerprint density at radius 2 is 2.06 bits per heavy atom. The van der Waals surface area contributed by atoms with E-state index in [1.807, 2.05) is 0 Å². The standard InChI is InChI=1S/C10H8BrF3OS/c11-9-6-8(15-10(12,13)14)4-3-7(9)2-1-5-16/h1-4,6,16H,5H2. The van der Waals surface area contributed by atoms with Crippen LogP contribution in [0.1, 0.15) is 5.56 Å². The Kier molecular flexibility index (Phi) is 4.73. The summed E-state index contributed by atoms with van der Waals surface area (Å²) in [6, 6.07) is 4.06. The van der Waals surface area contributed by atoms with Gasteiger partial charge in [-0.3, -0.25) is 0 Å². The van der Waals surface area contributed by atoms with Crippen LogP contribution >= 0.6 is 28.6 Å². The number of benzene rings is 1. The van der Waals surface area contributed by atoms with Gasteiger partial charge in [0.1, 0.15) is 5.75 Å². The van der Waals surface area contributed by atoms with E-state index < -0.39 is 6.36 Å². The molecular weight excluding hydrogens is 305 g/mol. The average Bonchev–Trinajstić information content (AvgIpc) is 2.14. The van der Waals surface area contributed by atoms with Gasteiger partial charge in [-0.1, -0.05) is 34.1 Å². The van der Waals surface area contributed by atoms with Gasteiger partial charge < -0.3 is 4.74 Å². The third kappa shape index (κ3) is 4.49. The molecule has 0 aliphatic carbocycles. The van der Waals surface area contributed by atoms with Crippen molar-refractivity contribution in [3.63, 3.8) is 0 Å². The summed E-state index contributed by atoms with van der Waals surface area (Å²) in [6.45, 7) is 0. The lowest BCUT2D eigenvalue weighted by Crippen LogP contribution is -2.17. The van der Waals surface area contributed by atoms with Gasteiger partial charge in [-0.25, -0.2) is 0 Å². The highest BCUT2D eigenvalue weighted by atomic mass is 79.9. The van der Waals surface area contributed by atoms with Crippen molar-refractivity contribution in [2.75, 3.05) is 5.75 Å². The first-order valence-corrected chi connectivity index (χ1v) is 5.67. The maximum Gasteiger partial charge on any atom is 0.573 e. The fourth-order valence-corrected chi connectivity index (χ4v) is 1.62. The van der Waals surface area contributed by atoms with E-state index in [1.165, 1.54) is 18.2 Å². The molecule has 0 amide bonds. The monoisotopic (exact) mass is 312 g/mol. The second-order valence-electron chi connectivity index (χ2n) is 2.82. The fourth-order valence-electron chi connectivity index (χ4n) is 1.02. The summed E-state index contributed by atoms with van der Waals surface area (Å²) in [4.78, 5) is 0. The number of rotatable bonds is 3. The van der Waals surface area contributed by atoms with Gasteiger partial charge in [0.2, 0.25) is 0 Å². The van der Waals surface area contributed by atoms with Crippen molar-refractivity contribution in [2.45, 2.75) is 6.36 Å². The molecule has 0 aromatic heterocycles. The van der Waals surface area contributed by atoms with Crippen LogP contribution in [0.2, 0.25) is 0 Å². The smallest absolute Gasteiger partial charge is 0.406 e. The van der Waals surface area contributed by atoms with Crippen LogP contribution in [0.3, 0.4) is 0 Å². The van der Waals surface area contributed by atoms with E-state index in [9.17, 15) is 13.2 Å². The van der Waals surface area contributed by atoms with Crippen LogP contribution in [-0.2, 0) is 0 Å². The first-order valence-electron chi connectivity index (χ1n) is 4.25. The van der Waals surface area contributed by atoms with E-state index in [0.29, 0.717) is 10.2 Å². The Morgan fingerprint density at radius 1 is 1.38 bits per heavy atom. The number of thiol groups is 1. The summed E-state index contributed by atoms with van der Waals surface area (Å²) in [7, 11) is 0. The van der Waals surface area contributed by atoms with E-state index in [2.05, 4.69) is 33.3 Å². The zero-order valence-corrected chi connectivity index (χ0v) is 10.4. The number of ether oxygens (including phenoxy) is 1. The minimum atomic E-state index is -4.66. The van der Waals surface area contributed by atoms with Gasteiger partial charge in [0.15, 0.2) is 0 Å². The molecule has 1 aromatic rings. The first-order chi connectivity index (χ1) is 7.42. The zero-order valence-electron chi connectivity index (χ0n) is 7.96. The van der Waals surface area contributed by atoms with Gasteiger partial charge in [0.05, 0.1) is 0 Å². The molecule has 0 spiro atoms. The Bertz CT molecular complexity index is 390. The maximum atomic E-state index is 11.9. The second kappa shape index (κ2) is 5.63. The molecule has 1 nitrogen and oxygen atoms in total. The lowest BCUT2D eigenvalue weighted by Gasteiger charge is -2.09. The van der Waals surface area contributed by atoms with Crippen LogP contribution in [0.5, 0.6) is 5.75 Å². The van der Waals surface area contributed by atoms with Crippen molar-refractivity contribution in [3.8, 4) is 5.75 Å². The van der Waals surface area contributed by atoms with Crippen molar-refractivity contribution < 1.29 is 17.9 Å². The van der Waals surface area contributed by atoms with Crippen LogP contribution in [0.15, 0.2) is 28.7 Å². The van der Waals surface area contributed by atoms with Gasteiger partial charge >= 0.3 is 6.36 Å². The topological polar surface area (TPSA) is 9.23 Å². The normalized spacial score (nSPS) is 12.1. The summed E-state index contributed by atoms with van der Waals surface area (Å²) in [5.74, 6) is 0.315. The predicted octanol–water partition coefficient (Wildman–Crippen LogP) is 4.29. The number of alkyl halides is 3. The third-order valence-corrected chi connectivity index (χ3v) is 2.51. The van der Waals surface area contributed by atoms with Gasteiger partial charge in [-0.05, 0) is 17.7 Å². The summed E-state index contributed by atoms with van der Waals surface area (Å²) < 4.78 is 40.1. The molecule has 0 N–H and O–H groups in total. The SMILES string of the molecule is FC(F)(F)Oc1ccc(C=CCS)c(Br)c1. The van der Waals surface area contributed by atoms with Crippen molar-refractivity contribution in [1.82, 2.24) is 0 Å². The Balaban J connectivity index is 2.87. The maximum absolute atomic E-state index is 11.9. The molecular formula is C10H8BrF3OS. The fraction of sp³-hybridized carbons (Fsp3) is 0.200. The molecule has 88 valence electrons. The lowest BCUT2D eigenvalue weighted by molar-refractivity contribution is -0.274. The van der Waals surface area contributed by atoms with E-state index in [4.69, 9.17) is 0 Å². The highest BCUT2D eigenvalue weighted by Gasteiger charge is 2.31. The number of halogens is 4. The van der Waals surface area contributed by atoms with Gasteiger partial charge in [0.25, 0.3) is 0 Å². The van der Waals surface area contributed by atoms with Crippen molar-refractivity contribution in [2.24, 2.45) is 0 Å².